The first-order valence-electron chi connectivity index (χ1n) is 13.7. The standard InChI is InChI=1S/C27H48O10/c1-2-3-4-5-6-7-8-9-10-11-12-13-14-15-16-17-24(31)36-21-22(20-28)37-25(32)19-27(35,26(33)34)18-23(29)30/h22,28,35H,2-21H2,1H3,(H,29,30)(H,33,34)/p-2. The van der Waals surface area contributed by atoms with E-state index in [1.165, 1.54) is 70.6 Å². The fraction of sp³-hybridized carbons (Fsp3) is 0.852. The van der Waals surface area contributed by atoms with Crippen LogP contribution >= 0.6 is 0 Å². The number of aliphatic hydroxyl groups excluding tert-OH is 1. The largest absolute Gasteiger partial charge is 0.550 e. The molecule has 0 aliphatic heterocycles. The first-order chi connectivity index (χ1) is 17.6. The average Bonchev–Trinajstić information content (AvgIpc) is 2.83. The number of aliphatic carboxylic acids is 2. The molecule has 0 rings (SSSR count). The van der Waals surface area contributed by atoms with Crippen molar-refractivity contribution in [3.8, 4) is 0 Å². The van der Waals surface area contributed by atoms with Crippen molar-refractivity contribution in [2.75, 3.05) is 13.2 Å². The molecule has 0 saturated heterocycles. The third-order valence-corrected chi connectivity index (χ3v) is 6.17. The number of carboxylic acids is 2. The highest BCUT2D eigenvalue weighted by Gasteiger charge is 2.34. The second-order valence-electron chi connectivity index (χ2n) is 9.72. The van der Waals surface area contributed by atoms with Crippen LogP contribution in [0.25, 0.3) is 0 Å². The fourth-order valence-electron chi connectivity index (χ4n) is 3.93. The Kier molecular flexibility index (Phi) is 20.5. The summed E-state index contributed by atoms with van der Waals surface area (Å²) in [7, 11) is 0. The normalized spacial score (nSPS) is 13.5. The predicted octanol–water partition coefficient (Wildman–Crippen LogP) is 1.71. The summed E-state index contributed by atoms with van der Waals surface area (Å²) in [5.41, 5.74) is -3.01. The number of aliphatic hydroxyl groups is 2. The summed E-state index contributed by atoms with van der Waals surface area (Å²) in [5.74, 6) is -5.90. The summed E-state index contributed by atoms with van der Waals surface area (Å²) < 4.78 is 9.76. The Balaban J connectivity index is 3.84. The smallest absolute Gasteiger partial charge is 0.309 e. The van der Waals surface area contributed by atoms with E-state index in [0.29, 0.717) is 6.42 Å². The van der Waals surface area contributed by atoms with E-state index in [1.54, 1.807) is 0 Å². The number of carbonyl (C=O) groups excluding carboxylic acids is 4. The molecule has 37 heavy (non-hydrogen) atoms. The average molecular weight is 531 g/mol. The highest BCUT2D eigenvalue weighted by Crippen LogP contribution is 2.17. The molecule has 0 aliphatic carbocycles. The quantitative estimate of drug-likeness (QED) is 0.131. The lowest BCUT2D eigenvalue weighted by molar-refractivity contribution is -0.333. The molecule has 0 heterocycles. The van der Waals surface area contributed by atoms with E-state index in [4.69, 9.17) is 9.47 Å². The van der Waals surface area contributed by atoms with Gasteiger partial charge in [-0.2, -0.15) is 0 Å². The summed E-state index contributed by atoms with van der Waals surface area (Å²) in [6.45, 7) is 1.06. The second-order valence-corrected chi connectivity index (χ2v) is 9.72. The van der Waals surface area contributed by atoms with Crippen molar-refractivity contribution in [3.63, 3.8) is 0 Å². The van der Waals surface area contributed by atoms with Gasteiger partial charge >= 0.3 is 11.9 Å². The van der Waals surface area contributed by atoms with Crippen LogP contribution in [0.2, 0.25) is 0 Å². The maximum absolute atomic E-state index is 11.9. The Morgan fingerprint density at radius 3 is 1.59 bits per heavy atom. The third kappa shape index (κ3) is 19.6. The van der Waals surface area contributed by atoms with E-state index < -0.39 is 61.6 Å². The SMILES string of the molecule is CCCCCCCCCCCCCCCCCC(=O)OCC(CO)OC(=O)CC(O)(CC(=O)[O-])C(=O)[O-]. The molecule has 0 aromatic carbocycles. The van der Waals surface area contributed by atoms with Gasteiger partial charge in [-0.1, -0.05) is 96.8 Å². The van der Waals surface area contributed by atoms with Crippen LogP contribution in [0.1, 0.15) is 122 Å². The van der Waals surface area contributed by atoms with E-state index in [1.807, 2.05) is 0 Å². The maximum Gasteiger partial charge on any atom is 0.309 e. The molecule has 0 aromatic heterocycles. The van der Waals surface area contributed by atoms with Gasteiger partial charge in [-0.3, -0.25) is 9.59 Å². The zero-order valence-electron chi connectivity index (χ0n) is 22.4. The highest BCUT2D eigenvalue weighted by atomic mass is 16.6. The van der Waals surface area contributed by atoms with Crippen LogP contribution in [0.15, 0.2) is 0 Å². The van der Waals surface area contributed by atoms with Crippen LogP contribution in [0, 0.1) is 0 Å². The van der Waals surface area contributed by atoms with Crippen LogP contribution in [0.5, 0.6) is 0 Å². The van der Waals surface area contributed by atoms with Gasteiger partial charge in [0.2, 0.25) is 0 Å². The summed E-state index contributed by atoms with van der Waals surface area (Å²) >= 11 is 0. The first kappa shape index (κ1) is 34.8. The molecule has 2 unspecified atom stereocenters. The summed E-state index contributed by atoms with van der Waals surface area (Å²) in [5, 5.41) is 40.6. The van der Waals surface area contributed by atoms with Crippen molar-refractivity contribution in [2.24, 2.45) is 0 Å². The number of rotatable bonds is 25. The van der Waals surface area contributed by atoms with Gasteiger partial charge < -0.3 is 39.5 Å². The Hall–Kier alpha value is -2.20. The number of hydrogen-bond donors (Lipinski definition) is 2. The van der Waals surface area contributed by atoms with Gasteiger partial charge in [0.25, 0.3) is 0 Å². The second kappa shape index (κ2) is 21.8. The lowest BCUT2D eigenvalue weighted by atomic mass is 9.96. The summed E-state index contributed by atoms with van der Waals surface area (Å²) in [4.78, 5) is 45.3. The molecule has 0 fully saturated rings. The van der Waals surface area contributed by atoms with Crippen LogP contribution in [0.4, 0.5) is 0 Å². The molecule has 0 saturated carbocycles. The van der Waals surface area contributed by atoms with Crippen LogP contribution in [-0.2, 0) is 28.7 Å². The first-order valence-corrected chi connectivity index (χ1v) is 13.7. The lowest BCUT2D eigenvalue weighted by Gasteiger charge is -2.29. The van der Waals surface area contributed by atoms with Gasteiger partial charge in [0.1, 0.15) is 12.2 Å². The molecule has 0 bridgehead atoms. The minimum absolute atomic E-state index is 0.181. The molecular weight excluding hydrogens is 484 g/mol. The molecule has 0 spiro atoms. The highest BCUT2D eigenvalue weighted by molar-refractivity contribution is 5.87. The van der Waals surface area contributed by atoms with Gasteiger partial charge in [0, 0.05) is 18.8 Å². The van der Waals surface area contributed by atoms with Gasteiger partial charge in [-0.25, -0.2) is 0 Å². The van der Waals surface area contributed by atoms with Crippen LogP contribution in [-0.4, -0.2) is 59.0 Å². The minimum Gasteiger partial charge on any atom is -0.550 e. The van der Waals surface area contributed by atoms with Crippen molar-refractivity contribution in [3.05, 3.63) is 0 Å². The summed E-state index contributed by atoms with van der Waals surface area (Å²) in [6.07, 6.45) is 14.4. The van der Waals surface area contributed by atoms with Gasteiger partial charge in [0.15, 0.2) is 6.10 Å². The minimum atomic E-state index is -3.01. The zero-order valence-corrected chi connectivity index (χ0v) is 22.4. The van der Waals surface area contributed by atoms with Gasteiger partial charge in [0.05, 0.1) is 19.0 Å². The van der Waals surface area contributed by atoms with Crippen LogP contribution < -0.4 is 10.2 Å². The molecule has 2 N–H and O–H groups in total. The molecule has 10 nitrogen and oxygen atoms in total. The van der Waals surface area contributed by atoms with Gasteiger partial charge in [-0.05, 0) is 6.42 Å². The molecular formula is C27H46O10-2. The molecule has 10 heteroatoms. The Labute approximate surface area is 220 Å². The molecule has 0 amide bonds. The summed E-state index contributed by atoms with van der Waals surface area (Å²) in [6, 6.07) is 0. The number of ether oxygens (including phenoxy) is 2. The maximum atomic E-state index is 11.9. The number of carbonyl (C=O) groups is 4. The van der Waals surface area contributed by atoms with Gasteiger partial charge in [-0.15, -0.1) is 0 Å². The Morgan fingerprint density at radius 2 is 1.19 bits per heavy atom. The molecule has 0 aliphatic rings. The predicted molar refractivity (Wildman–Crippen MR) is 132 cm³/mol. The fourth-order valence-corrected chi connectivity index (χ4v) is 3.93. The zero-order chi connectivity index (χ0) is 27.9. The third-order valence-electron chi connectivity index (χ3n) is 6.17. The molecule has 0 radical (unpaired) electrons. The van der Waals surface area contributed by atoms with E-state index >= 15 is 0 Å². The molecule has 2 atom stereocenters. The van der Waals surface area contributed by atoms with E-state index in [2.05, 4.69) is 6.92 Å². The van der Waals surface area contributed by atoms with Crippen molar-refractivity contribution >= 4 is 23.9 Å². The van der Waals surface area contributed by atoms with Crippen LogP contribution in [0.3, 0.4) is 0 Å². The number of carboxylic acid groups (broad SMARTS) is 2. The van der Waals surface area contributed by atoms with E-state index in [9.17, 15) is 39.6 Å². The Bertz CT molecular complexity index is 651. The van der Waals surface area contributed by atoms with E-state index in [-0.39, 0.29) is 6.42 Å². The van der Waals surface area contributed by atoms with Crippen molar-refractivity contribution in [1.82, 2.24) is 0 Å². The number of hydrogen-bond acceptors (Lipinski definition) is 10. The molecule has 216 valence electrons. The topological polar surface area (TPSA) is 173 Å². The van der Waals surface area contributed by atoms with Crippen molar-refractivity contribution in [2.45, 2.75) is 134 Å². The van der Waals surface area contributed by atoms with E-state index in [0.717, 1.165) is 19.3 Å². The van der Waals surface area contributed by atoms with Crippen molar-refractivity contribution < 1.29 is 49.1 Å². The van der Waals surface area contributed by atoms with Crippen molar-refractivity contribution in [1.29, 1.82) is 0 Å². The number of esters is 2. The number of unbranched alkanes of at least 4 members (excludes halogenated alkanes) is 14. The lowest BCUT2D eigenvalue weighted by Crippen LogP contribution is -2.53. The monoisotopic (exact) mass is 530 g/mol. The molecule has 0 aromatic rings. The Morgan fingerprint density at radius 1 is 0.730 bits per heavy atom.